The number of aliphatic hydroxyl groups excluding tert-OH is 2. The smallest absolute Gasteiger partial charge is 0.305 e. The van der Waals surface area contributed by atoms with Gasteiger partial charge in [0.15, 0.2) is 0 Å². The zero-order valence-electron chi connectivity index (χ0n) is 37.4. The molecule has 6 heteroatoms. The highest BCUT2D eigenvalue weighted by Crippen LogP contribution is 2.15. The molecular weight excluding hydrogens is 695 g/mol. The van der Waals surface area contributed by atoms with Crippen LogP contribution >= 0.6 is 0 Å². The van der Waals surface area contributed by atoms with Gasteiger partial charge in [-0.2, -0.15) is 0 Å². The van der Waals surface area contributed by atoms with Crippen LogP contribution in [0, 0.1) is 0 Å². The largest absolute Gasteiger partial charge is 0.466 e. The number of nitrogens with one attached hydrogen (secondary N) is 1. The first-order chi connectivity index (χ1) is 27.5. The van der Waals surface area contributed by atoms with Crippen molar-refractivity contribution in [3.05, 3.63) is 24.3 Å². The Bertz CT molecular complexity index is 874. The predicted octanol–water partition coefficient (Wildman–Crippen LogP) is 14.3. The molecule has 1 amide bonds. The standard InChI is InChI=1S/C50H95NO5/c1-3-5-7-9-11-13-15-17-18-19-20-22-23-26-30-34-38-42-48(53)47(46-52)51-49(54)43-39-35-31-27-25-29-33-37-41-45-56-50(55)44-40-36-32-28-24-21-16-14-12-10-8-6-4-2/h27,31,38,42,47-48,52-53H,3-26,28-30,32-37,39-41,43-46H2,1-2H3,(H,51,54)/b31-27-,42-38+. The molecule has 0 aromatic carbocycles. The summed E-state index contributed by atoms with van der Waals surface area (Å²) in [4.78, 5) is 24.4. The number of aliphatic hydroxyl groups is 2. The van der Waals surface area contributed by atoms with Gasteiger partial charge in [-0.25, -0.2) is 0 Å². The lowest BCUT2D eigenvalue weighted by Gasteiger charge is -2.19. The number of esters is 1. The molecule has 2 atom stereocenters. The molecule has 0 saturated heterocycles. The Morgan fingerprint density at radius 2 is 0.857 bits per heavy atom. The van der Waals surface area contributed by atoms with E-state index in [1.54, 1.807) is 6.08 Å². The summed E-state index contributed by atoms with van der Waals surface area (Å²) in [6.07, 6.45) is 53.2. The third kappa shape index (κ3) is 42.0. The molecule has 0 aliphatic heterocycles. The van der Waals surface area contributed by atoms with Gasteiger partial charge in [0.2, 0.25) is 5.91 Å². The normalized spacial score (nSPS) is 12.9. The fourth-order valence-electron chi connectivity index (χ4n) is 7.40. The van der Waals surface area contributed by atoms with E-state index in [0.29, 0.717) is 19.4 Å². The number of carbonyl (C=O) groups is 2. The summed E-state index contributed by atoms with van der Waals surface area (Å²) in [7, 11) is 0. The molecular formula is C50H95NO5. The number of rotatable bonds is 45. The molecule has 6 nitrogen and oxygen atoms in total. The highest BCUT2D eigenvalue weighted by atomic mass is 16.5. The van der Waals surface area contributed by atoms with Gasteiger partial charge in [0, 0.05) is 12.8 Å². The van der Waals surface area contributed by atoms with Gasteiger partial charge < -0.3 is 20.3 Å². The van der Waals surface area contributed by atoms with Gasteiger partial charge in [0.1, 0.15) is 0 Å². The number of unbranched alkanes of at least 4 members (excludes halogenated alkanes) is 32. The van der Waals surface area contributed by atoms with Crippen molar-refractivity contribution in [1.82, 2.24) is 5.32 Å². The Morgan fingerprint density at radius 1 is 0.482 bits per heavy atom. The first-order valence-electron chi connectivity index (χ1n) is 24.6. The van der Waals surface area contributed by atoms with Crippen LogP contribution in [0.2, 0.25) is 0 Å². The van der Waals surface area contributed by atoms with Crippen molar-refractivity contribution in [3.8, 4) is 0 Å². The lowest BCUT2D eigenvalue weighted by Crippen LogP contribution is -2.45. The molecule has 0 spiro atoms. The van der Waals surface area contributed by atoms with Gasteiger partial charge >= 0.3 is 5.97 Å². The van der Waals surface area contributed by atoms with Crippen LogP contribution < -0.4 is 5.32 Å². The van der Waals surface area contributed by atoms with Crippen molar-refractivity contribution in [1.29, 1.82) is 0 Å². The van der Waals surface area contributed by atoms with Crippen LogP contribution in [-0.4, -0.2) is 47.4 Å². The van der Waals surface area contributed by atoms with Crippen molar-refractivity contribution < 1.29 is 24.5 Å². The third-order valence-electron chi connectivity index (χ3n) is 11.2. The van der Waals surface area contributed by atoms with Crippen LogP contribution in [0.25, 0.3) is 0 Å². The quantitative estimate of drug-likeness (QED) is 0.0324. The van der Waals surface area contributed by atoms with E-state index in [0.717, 1.165) is 70.6 Å². The Balaban J connectivity index is 3.59. The summed E-state index contributed by atoms with van der Waals surface area (Å²) in [5.74, 6) is -0.164. The molecule has 0 rings (SSSR count). The van der Waals surface area contributed by atoms with Crippen LogP contribution in [0.15, 0.2) is 24.3 Å². The van der Waals surface area contributed by atoms with Gasteiger partial charge in [0.25, 0.3) is 0 Å². The molecule has 0 bridgehead atoms. The summed E-state index contributed by atoms with van der Waals surface area (Å²) < 4.78 is 5.43. The number of ether oxygens (including phenoxy) is 1. The van der Waals surface area contributed by atoms with E-state index in [-0.39, 0.29) is 18.5 Å². The Labute approximate surface area is 348 Å². The number of amides is 1. The summed E-state index contributed by atoms with van der Waals surface area (Å²) in [5, 5.41) is 23.0. The van der Waals surface area contributed by atoms with Gasteiger partial charge in [-0.15, -0.1) is 0 Å². The van der Waals surface area contributed by atoms with Crippen molar-refractivity contribution in [2.75, 3.05) is 13.2 Å². The van der Waals surface area contributed by atoms with Crippen LogP contribution in [0.5, 0.6) is 0 Å². The number of hydrogen-bond donors (Lipinski definition) is 3. The van der Waals surface area contributed by atoms with E-state index in [1.165, 1.54) is 161 Å². The van der Waals surface area contributed by atoms with Crippen molar-refractivity contribution in [3.63, 3.8) is 0 Å². The van der Waals surface area contributed by atoms with Crippen LogP contribution in [0.1, 0.15) is 258 Å². The molecule has 0 aliphatic carbocycles. The SMILES string of the molecule is CCCCCCCCCCCCCCCCC/C=C/C(O)C(CO)NC(=O)CCC/C=C\CCCCCCOC(=O)CCCCCCCCCCCCCCC. The van der Waals surface area contributed by atoms with E-state index in [9.17, 15) is 19.8 Å². The lowest BCUT2D eigenvalue weighted by molar-refractivity contribution is -0.143. The topological polar surface area (TPSA) is 95.9 Å². The number of allylic oxidation sites excluding steroid dienone is 3. The molecule has 0 saturated carbocycles. The van der Waals surface area contributed by atoms with E-state index >= 15 is 0 Å². The zero-order valence-corrected chi connectivity index (χ0v) is 37.4. The molecule has 0 aromatic heterocycles. The molecule has 0 aliphatic rings. The highest BCUT2D eigenvalue weighted by Gasteiger charge is 2.17. The zero-order chi connectivity index (χ0) is 40.8. The Kier molecular flexibility index (Phi) is 44.7. The van der Waals surface area contributed by atoms with Crippen LogP contribution in [0.3, 0.4) is 0 Å². The Hall–Kier alpha value is -1.66. The minimum absolute atomic E-state index is 0.0367. The summed E-state index contributed by atoms with van der Waals surface area (Å²) in [6.45, 7) is 4.81. The van der Waals surface area contributed by atoms with Crippen molar-refractivity contribution >= 4 is 11.9 Å². The molecule has 56 heavy (non-hydrogen) atoms. The molecule has 2 unspecified atom stereocenters. The second-order valence-electron chi connectivity index (χ2n) is 16.8. The number of carbonyl (C=O) groups excluding carboxylic acids is 2. The predicted molar refractivity (Wildman–Crippen MR) is 241 cm³/mol. The first-order valence-corrected chi connectivity index (χ1v) is 24.6. The molecule has 0 fully saturated rings. The molecule has 3 N–H and O–H groups in total. The van der Waals surface area contributed by atoms with Crippen LogP contribution in [-0.2, 0) is 14.3 Å². The van der Waals surface area contributed by atoms with Gasteiger partial charge in [-0.3, -0.25) is 9.59 Å². The van der Waals surface area contributed by atoms with E-state index < -0.39 is 12.1 Å². The maximum absolute atomic E-state index is 12.4. The third-order valence-corrected chi connectivity index (χ3v) is 11.2. The van der Waals surface area contributed by atoms with E-state index in [4.69, 9.17) is 4.74 Å². The Morgan fingerprint density at radius 3 is 1.30 bits per heavy atom. The van der Waals surface area contributed by atoms with Gasteiger partial charge in [-0.1, -0.05) is 218 Å². The first kappa shape index (κ1) is 54.3. The fraction of sp³-hybridized carbons (Fsp3) is 0.880. The highest BCUT2D eigenvalue weighted by molar-refractivity contribution is 5.76. The fourth-order valence-corrected chi connectivity index (χ4v) is 7.40. The second-order valence-corrected chi connectivity index (χ2v) is 16.8. The molecule has 330 valence electrons. The summed E-state index contributed by atoms with van der Waals surface area (Å²) in [6, 6.07) is -0.664. The van der Waals surface area contributed by atoms with Gasteiger partial charge in [0.05, 0.1) is 25.4 Å². The molecule has 0 radical (unpaired) electrons. The second kappa shape index (κ2) is 46.0. The molecule has 0 aromatic rings. The van der Waals surface area contributed by atoms with E-state index in [2.05, 4.69) is 31.3 Å². The average Bonchev–Trinajstić information content (AvgIpc) is 3.20. The molecule has 0 heterocycles. The minimum Gasteiger partial charge on any atom is -0.466 e. The lowest BCUT2D eigenvalue weighted by atomic mass is 10.0. The summed E-state index contributed by atoms with van der Waals surface area (Å²) >= 11 is 0. The van der Waals surface area contributed by atoms with Crippen LogP contribution in [0.4, 0.5) is 0 Å². The minimum atomic E-state index is -0.874. The van der Waals surface area contributed by atoms with Gasteiger partial charge in [-0.05, 0) is 51.4 Å². The maximum Gasteiger partial charge on any atom is 0.305 e. The number of hydrogen-bond acceptors (Lipinski definition) is 5. The average molecular weight is 790 g/mol. The van der Waals surface area contributed by atoms with Crippen molar-refractivity contribution in [2.45, 2.75) is 270 Å². The maximum atomic E-state index is 12.4. The van der Waals surface area contributed by atoms with Crippen molar-refractivity contribution in [2.24, 2.45) is 0 Å². The summed E-state index contributed by atoms with van der Waals surface area (Å²) in [5.41, 5.74) is 0. The monoisotopic (exact) mass is 790 g/mol. The van der Waals surface area contributed by atoms with E-state index in [1.807, 2.05) is 6.08 Å².